The van der Waals surface area contributed by atoms with Gasteiger partial charge in [0, 0.05) is 19.6 Å². The molecule has 0 aromatic rings. The maximum absolute atomic E-state index is 12.1. The molecule has 2 N–H and O–H groups in total. The Morgan fingerprint density at radius 2 is 2.00 bits per heavy atom. The van der Waals surface area contributed by atoms with Gasteiger partial charge in [0.25, 0.3) is 0 Å². The molecule has 1 aliphatic heterocycles. The molecule has 1 heterocycles. The zero-order chi connectivity index (χ0) is 14.6. The van der Waals surface area contributed by atoms with Gasteiger partial charge in [0.1, 0.15) is 0 Å². The van der Waals surface area contributed by atoms with Crippen molar-refractivity contribution in [1.82, 2.24) is 10.2 Å². The van der Waals surface area contributed by atoms with Crippen molar-refractivity contribution >= 4 is 12.0 Å². The zero-order valence-corrected chi connectivity index (χ0v) is 12.4. The topological polar surface area (TPSA) is 69.6 Å². The van der Waals surface area contributed by atoms with Crippen molar-refractivity contribution in [3.8, 4) is 0 Å². The normalized spacial score (nSPS) is 25.2. The van der Waals surface area contributed by atoms with E-state index in [1.165, 1.54) is 0 Å². The Morgan fingerprint density at radius 3 is 2.53 bits per heavy atom. The largest absolute Gasteiger partial charge is 0.481 e. The fourth-order valence-electron chi connectivity index (χ4n) is 2.18. The Labute approximate surface area is 115 Å². The number of piperidine rings is 1. The highest BCUT2D eigenvalue weighted by molar-refractivity contribution is 5.78. The number of carbonyl (C=O) groups excluding carboxylic acids is 1. The highest BCUT2D eigenvalue weighted by Gasteiger charge is 2.39. The van der Waals surface area contributed by atoms with Crippen LogP contribution in [0.4, 0.5) is 4.79 Å². The van der Waals surface area contributed by atoms with Gasteiger partial charge in [-0.25, -0.2) is 4.79 Å². The van der Waals surface area contributed by atoms with E-state index in [9.17, 15) is 14.7 Å². The second-order valence-corrected chi connectivity index (χ2v) is 6.30. The predicted molar refractivity (Wildman–Crippen MR) is 74.0 cm³/mol. The molecule has 110 valence electrons. The lowest BCUT2D eigenvalue weighted by Gasteiger charge is -2.37. The van der Waals surface area contributed by atoms with Gasteiger partial charge >= 0.3 is 12.0 Å². The van der Waals surface area contributed by atoms with Crippen LogP contribution in [0.5, 0.6) is 0 Å². The molecule has 0 saturated carbocycles. The third kappa shape index (κ3) is 4.11. The summed E-state index contributed by atoms with van der Waals surface area (Å²) in [5.41, 5.74) is -0.806. The number of rotatable bonds is 4. The molecular formula is C14H26N2O3. The van der Waals surface area contributed by atoms with Crippen LogP contribution in [0.3, 0.4) is 0 Å². The third-order valence-electron chi connectivity index (χ3n) is 4.21. The van der Waals surface area contributed by atoms with E-state index in [0.29, 0.717) is 37.9 Å². The summed E-state index contributed by atoms with van der Waals surface area (Å²) in [6.07, 6.45) is 1.38. The number of carboxylic acids is 1. The van der Waals surface area contributed by atoms with Gasteiger partial charge in [-0.05, 0) is 31.6 Å². The van der Waals surface area contributed by atoms with Crippen molar-refractivity contribution in [2.45, 2.75) is 40.5 Å². The van der Waals surface area contributed by atoms with Crippen LogP contribution in [-0.4, -0.2) is 41.6 Å². The molecule has 1 rings (SSSR count). The van der Waals surface area contributed by atoms with Crippen molar-refractivity contribution in [3.63, 3.8) is 0 Å². The van der Waals surface area contributed by atoms with Crippen LogP contribution < -0.4 is 5.32 Å². The first kappa shape index (κ1) is 15.8. The Balaban J connectivity index is 2.51. The molecule has 0 bridgehead atoms. The summed E-state index contributed by atoms with van der Waals surface area (Å²) in [6.45, 7) is 9.64. The highest BCUT2D eigenvalue weighted by atomic mass is 16.4. The maximum Gasteiger partial charge on any atom is 0.317 e. The molecule has 2 atom stereocenters. The molecule has 1 fully saturated rings. The van der Waals surface area contributed by atoms with Gasteiger partial charge < -0.3 is 15.3 Å². The third-order valence-corrected chi connectivity index (χ3v) is 4.21. The minimum atomic E-state index is -0.819. The van der Waals surface area contributed by atoms with Gasteiger partial charge in [-0.1, -0.05) is 20.8 Å². The average Bonchev–Trinajstić information content (AvgIpc) is 2.35. The molecule has 19 heavy (non-hydrogen) atoms. The Bertz CT molecular complexity index is 344. The van der Waals surface area contributed by atoms with Crippen molar-refractivity contribution in [2.75, 3.05) is 19.6 Å². The molecule has 2 unspecified atom stereocenters. The van der Waals surface area contributed by atoms with Crippen molar-refractivity contribution in [1.29, 1.82) is 0 Å². The fraction of sp³-hybridized carbons (Fsp3) is 0.857. The number of carboxylic acid groups (broad SMARTS) is 1. The second-order valence-electron chi connectivity index (χ2n) is 6.30. The second kappa shape index (κ2) is 6.26. The molecule has 0 spiro atoms. The SMILES string of the molecule is CC(C)C(C)CNC(=O)N1CCCC(C)(C(=O)O)C1. The summed E-state index contributed by atoms with van der Waals surface area (Å²) < 4.78 is 0. The lowest BCUT2D eigenvalue weighted by atomic mass is 9.82. The lowest BCUT2D eigenvalue weighted by molar-refractivity contribution is -0.150. The number of amides is 2. The Morgan fingerprint density at radius 1 is 1.37 bits per heavy atom. The van der Waals surface area contributed by atoms with Crippen LogP contribution in [0.2, 0.25) is 0 Å². The number of carbonyl (C=O) groups is 2. The summed E-state index contributed by atoms with van der Waals surface area (Å²) in [4.78, 5) is 24.9. The zero-order valence-electron chi connectivity index (χ0n) is 12.4. The van der Waals surface area contributed by atoms with Crippen molar-refractivity contribution in [2.24, 2.45) is 17.3 Å². The van der Waals surface area contributed by atoms with Crippen LogP contribution in [0.1, 0.15) is 40.5 Å². The van der Waals surface area contributed by atoms with Crippen LogP contribution in [0.25, 0.3) is 0 Å². The van der Waals surface area contributed by atoms with Gasteiger partial charge in [0.2, 0.25) is 0 Å². The molecule has 1 saturated heterocycles. The molecule has 0 aromatic carbocycles. The first-order valence-corrected chi connectivity index (χ1v) is 7.02. The van der Waals surface area contributed by atoms with Gasteiger partial charge in [0.05, 0.1) is 5.41 Å². The summed E-state index contributed by atoms with van der Waals surface area (Å²) >= 11 is 0. The van der Waals surface area contributed by atoms with E-state index < -0.39 is 11.4 Å². The van der Waals surface area contributed by atoms with Crippen molar-refractivity contribution < 1.29 is 14.7 Å². The summed E-state index contributed by atoms with van der Waals surface area (Å²) in [5.74, 6) is 0.117. The maximum atomic E-state index is 12.1. The minimum Gasteiger partial charge on any atom is -0.481 e. The molecule has 2 amide bonds. The summed E-state index contributed by atoms with van der Waals surface area (Å²) in [6, 6.07) is -0.139. The molecule has 0 radical (unpaired) electrons. The monoisotopic (exact) mass is 270 g/mol. The van der Waals surface area contributed by atoms with E-state index >= 15 is 0 Å². The van der Waals surface area contributed by atoms with Gasteiger partial charge in [-0.15, -0.1) is 0 Å². The number of nitrogens with zero attached hydrogens (tertiary/aromatic N) is 1. The van der Waals surface area contributed by atoms with E-state index in [1.54, 1.807) is 11.8 Å². The average molecular weight is 270 g/mol. The lowest BCUT2D eigenvalue weighted by Crippen LogP contribution is -2.52. The van der Waals surface area contributed by atoms with E-state index in [2.05, 4.69) is 26.1 Å². The van der Waals surface area contributed by atoms with Gasteiger partial charge in [-0.2, -0.15) is 0 Å². The minimum absolute atomic E-state index is 0.139. The molecule has 5 nitrogen and oxygen atoms in total. The Hall–Kier alpha value is -1.26. The number of hydrogen-bond acceptors (Lipinski definition) is 2. The summed E-state index contributed by atoms with van der Waals surface area (Å²) in [5, 5.41) is 12.1. The van der Waals surface area contributed by atoms with Crippen LogP contribution in [0, 0.1) is 17.3 Å². The molecule has 5 heteroatoms. The molecule has 0 aliphatic carbocycles. The van der Waals surface area contributed by atoms with Crippen LogP contribution in [0.15, 0.2) is 0 Å². The van der Waals surface area contributed by atoms with Crippen molar-refractivity contribution in [3.05, 3.63) is 0 Å². The van der Waals surface area contributed by atoms with E-state index in [0.717, 1.165) is 6.42 Å². The van der Waals surface area contributed by atoms with Gasteiger partial charge in [0.15, 0.2) is 0 Å². The quantitative estimate of drug-likeness (QED) is 0.822. The summed E-state index contributed by atoms with van der Waals surface area (Å²) in [7, 11) is 0. The number of hydrogen-bond donors (Lipinski definition) is 2. The van der Waals surface area contributed by atoms with E-state index in [-0.39, 0.29) is 6.03 Å². The number of likely N-dealkylation sites (tertiary alicyclic amines) is 1. The van der Waals surface area contributed by atoms with E-state index in [4.69, 9.17) is 0 Å². The smallest absolute Gasteiger partial charge is 0.317 e. The van der Waals surface area contributed by atoms with E-state index in [1.807, 2.05) is 0 Å². The van der Waals surface area contributed by atoms with Crippen LogP contribution >= 0.6 is 0 Å². The standard InChI is InChI=1S/C14H26N2O3/c1-10(2)11(3)8-15-13(19)16-7-5-6-14(4,9-16)12(17)18/h10-11H,5-9H2,1-4H3,(H,15,19)(H,17,18). The first-order chi connectivity index (χ1) is 8.76. The molecule has 1 aliphatic rings. The first-order valence-electron chi connectivity index (χ1n) is 7.02. The number of urea groups is 1. The molecule has 0 aromatic heterocycles. The van der Waals surface area contributed by atoms with Crippen LogP contribution in [-0.2, 0) is 4.79 Å². The fourth-order valence-corrected chi connectivity index (χ4v) is 2.18. The molecular weight excluding hydrogens is 244 g/mol. The predicted octanol–water partition coefficient (Wildman–Crippen LogP) is 2.17. The number of aliphatic carboxylic acids is 1. The Kier molecular flexibility index (Phi) is 5.20. The highest BCUT2D eigenvalue weighted by Crippen LogP contribution is 2.29. The van der Waals surface area contributed by atoms with Gasteiger partial charge in [-0.3, -0.25) is 4.79 Å². The number of nitrogens with one attached hydrogen (secondary N) is 1.